The molecule has 1 aliphatic rings. The molecule has 0 aliphatic carbocycles. The third-order valence-corrected chi connectivity index (χ3v) is 6.16. The second-order valence-electron chi connectivity index (χ2n) is 8.37. The molecule has 4 rings (SSSR count). The Balaban J connectivity index is 1.78. The van der Waals surface area contributed by atoms with E-state index in [2.05, 4.69) is 4.98 Å². The molecule has 2 heterocycles. The van der Waals surface area contributed by atoms with Crippen molar-refractivity contribution in [3.8, 4) is 5.75 Å². The van der Waals surface area contributed by atoms with Gasteiger partial charge in [0.25, 0.3) is 11.8 Å². The van der Waals surface area contributed by atoms with Crippen LogP contribution in [0.15, 0.2) is 72.7 Å². The minimum Gasteiger partial charge on any atom is -0.497 e. The lowest BCUT2D eigenvalue weighted by Gasteiger charge is -2.25. The average Bonchev–Trinajstić information content (AvgIpc) is 3.10. The summed E-state index contributed by atoms with van der Waals surface area (Å²) in [5.74, 6) is 0.0550. The minimum atomic E-state index is -0.306. The number of hydrogen-bond donors (Lipinski definition) is 0. The molecule has 0 atom stereocenters. The fraction of sp³-hybridized carbons (Fsp3) is 0.250. The lowest BCUT2D eigenvalue weighted by molar-refractivity contribution is -0.120. The minimum absolute atomic E-state index is 0.304. The molecule has 1 aromatic heterocycles. The number of carbonyl (C=O) groups is 2. The van der Waals surface area contributed by atoms with Crippen molar-refractivity contribution in [1.29, 1.82) is 0 Å². The number of carbonyl (C=O) groups excluding carboxylic acids is 2. The molecule has 0 saturated carbocycles. The number of rotatable bonds is 8. The highest BCUT2D eigenvalue weighted by atomic mass is 16.5. The second-order valence-corrected chi connectivity index (χ2v) is 8.37. The zero-order chi connectivity index (χ0) is 24.2. The Kier molecular flexibility index (Phi) is 6.77. The molecule has 0 saturated heterocycles. The SMILES string of the molecule is CCN(CCc1ccncc1)C1=C(c2ccc(C)cc2C)C(=O)N(c2ccc(OC)cc2)C1=O. The van der Waals surface area contributed by atoms with E-state index in [1.54, 1.807) is 43.8 Å². The highest BCUT2D eigenvalue weighted by Gasteiger charge is 2.42. The molecule has 1 aliphatic heterocycles. The smallest absolute Gasteiger partial charge is 0.282 e. The summed E-state index contributed by atoms with van der Waals surface area (Å²) in [7, 11) is 1.58. The van der Waals surface area contributed by atoms with Gasteiger partial charge >= 0.3 is 0 Å². The first kappa shape index (κ1) is 23.2. The van der Waals surface area contributed by atoms with Crippen LogP contribution in [-0.4, -0.2) is 41.9 Å². The van der Waals surface area contributed by atoms with Crippen LogP contribution in [0.4, 0.5) is 5.69 Å². The molecule has 2 amide bonds. The lowest BCUT2D eigenvalue weighted by Crippen LogP contribution is -2.36. The summed E-state index contributed by atoms with van der Waals surface area (Å²) in [5, 5.41) is 0. The molecule has 6 nitrogen and oxygen atoms in total. The van der Waals surface area contributed by atoms with E-state index in [9.17, 15) is 9.59 Å². The van der Waals surface area contributed by atoms with Crippen molar-refractivity contribution in [1.82, 2.24) is 9.88 Å². The molecule has 3 aromatic rings. The Morgan fingerprint density at radius 1 is 0.941 bits per heavy atom. The van der Waals surface area contributed by atoms with Gasteiger partial charge in [-0.25, -0.2) is 4.90 Å². The monoisotopic (exact) mass is 455 g/mol. The number of pyridine rings is 1. The second kappa shape index (κ2) is 9.91. The Morgan fingerprint density at radius 3 is 2.26 bits per heavy atom. The topological polar surface area (TPSA) is 62.7 Å². The van der Waals surface area contributed by atoms with Crippen molar-refractivity contribution < 1.29 is 14.3 Å². The van der Waals surface area contributed by atoms with Crippen LogP contribution in [0, 0.1) is 13.8 Å². The standard InChI is InChI=1S/C28H29N3O3/c1-5-30(17-14-21-12-15-29-16-13-21)26-25(24-11-6-19(2)18-20(24)3)27(32)31(28(26)33)22-7-9-23(34-4)10-8-22/h6-13,15-16,18H,5,14,17H2,1-4H3. The van der Waals surface area contributed by atoms with Crippen LogP contribution in [0.25, 0.3) is 5.57 Å². The Bertz CT molecular complexity index is 1230. The fourth-order valence-corrected chi connectivity index (χ4v) is 4.36. The van der Waals surface area contributed by atoms with Gasteiger partial charge in [-0.05, 0) is 80.3 Å². The van der Waals surface area contributed by atoms with E-state index >= 15 is 0 Å². The number of aromatic nitrogens is 1. The quantitative estimate of drug-likeness (QED) is 0.466. The first-order valence-electron chi connectivity index (χ1n) is 11.4. The largest absolute Gasteiger partial charge is 0.497 e. The number of aryl methyl sites for hydroxylation is 2. The van der Waals surface area contributed by atoms with Gasteiger partial charge in [-0.3, -0.25) is 14.6 Å². The summed E-state index contributed by atoms with van der Waals surface area (Å²) in [6.07, 6.45) is 4.27. The van der Waals surface area contributed by atoms with E-state index in [0.29, 0.717) is 35.8 Å². The van der Waals surface area contributed by atoms with Gasteiger partial charge in [0.05, 0.1) is 18.4 Å². The number of imide groups is 1. The number of anilines is 1. The molecule has 34 heavy (non-hydrogen) atoms. The summed E-state index contributed by atoms with van der Waals surface area (Å²) >= 11 is 0. The van der Waals surface area contributed by atoms with Crippen LogP contribution < -0.4 is 9.64 Å². The van der Waals surface area contributed by atoms with E-state index in [4.69, 9.17) is 4.74 Å². The van der Waals surface area contributed by atoms with Crippen molar-refractivity contribution in [3.63, 3.8) is 0 Å². The van der Waals surface area contributed by atoms with Gasteiger partial charge in [0, 0.05) is 25.5 Å². The van der Waals surface area contributed by atoms with Gasteiger partial charge in [-0.1, -0.05) is 23.8 Å². The van der Waals surface area contributed by atoms with E-state index in [1.165, 1.54) is 4.90 Å². The number of methoxy groups -OCH3 is 1. The first-order valence-corrected chi connectivity index (χ1v) is 11.4. The summed E-state index contributed by atoms with van der Waals surface area (Å²) in [6.45, 7) is 7.22. The van der Waals surface area contributed by atoms with Gasteiger partial charge in [0.2, 0.25) is 0 Å². The van der Waals surface area contributed by atoms with E-state index < -0.39 is 0 Å². The lowest BCUT2D eigenvalue weighted by atomic mass is 9.97. The maximum absolute atomic E-state index is 13.8. The molecule has 0 radical (unpaired) electrons. The number of nitrogens with zero attached hydrogens (tertiary/aromatic N) is 3. The molecule has 0 unspecified atom stereocenters. The average molecular weight is 456 g/mol. The van der Waals surface area contributed by atoms with E-state index in [1.807, 2.05) is 56.0 Å². The van der Waals surface area contributed by atoms with Crippen LogP contribution >= 0.6 is 0 Å². The van der Waals surface area contributed by atoms with Crippen molar-refractivity contribution in [3.05, 3.63) is 94.9 Å². The number of likely N-dealkylation sites (N-methyl/N-ethyl adjacent to an activating group) is 1. The van der Waals surface area contributed by atoms with Gasteiger partial charge in [-0.15, -0.1) is 0 Å². The molecule has 0 N–H and O–H groups in total. The molecule has 0 fully saturated rings. The molecule has 0 bridgehead atoms. The number of amides is 2. The highest BCUT2D eigenvalue weighted by Crippen LogP contribution is 2.36. The zero-order valence-electron chi connectivity index (χ0n) is 20.0. The van der Waals surface area contributed by atoms with Gasteiger partial charge in [0.1, 0.15) is 11.4 Å². The van der Waals surface area contributed by atoms with Crippen molar-refractivity contribution in [2.24, 2.45) is 0 Å². The fourth-order valence-electron chi connectivity index (χ4n) is 4.36. The maximum atomic E-state index is 13.8. The van der Waals surface area contributed by atoms with Crippen LogP contribution in [0.5, 0.6) is 5.75 Å². The van der Waals surface area contributed by atoms with Crippen LogP contribution in [0.2, 0.25) is 0 Å². The third kappa shape index (κ3) is 4.44. The summed E-state index contributed by atoms with van der Waals surface area (Å²) < 4.78 is 5.24. The molecular formula is C28H29N3O3. The molecular weight excluding hydrogens is 426 g/mol. The highest BCUT2D eigenvalue weighted by molar-refractivity contribution is 6.45. The van der Waals surface area contributed by atoms with Crippen LogP contribution in [0.3, 0.4) is 0 Å². The number of benzene rings is 2. The predicted molar refractivity (Wildman–Crippen MR) is 134 cm³/mol. The van der Waals surface area contributed by atoms with E-state index in [0.717, 1.165) is 28.7 Å². The molecule has 0 spiro atoms. The summed E-state index contributed by atoms with van der Waals surface area (Å²) in [6, 6.07) is 16.9. The van der Waals surface area contributed by atoms with Crippen LogP contribution in [-0.2, 0) is 16.0 Å². The Hall–Kier alpha value is -3.93. The number of ether oxygens (including phenoxy) is 1. The van der Waals surface area contributed by atoms with Gasteiger partial charge in [-0.2, -0.15) is 0 Å². The Labute approximate surface area is 200 Å². The summed E-state index contributed by atoms with van der Waals surface area (Å²) in [4.78, 5) is 35.0. The van der Waals surface area contributed by atoms with Gasteiger partial charge < -0.3 is 9.64 Å². The predicted octanol–water partition coefficient (Wildman–Crippen LogP) is 4.56. The summed E-state index contributed by atoms with van der Waals surface area (Å²) in [5.41, 5.74) is 5.42. The Morgan fingerprint density at radius 2 is 1.65 bits per heavy atom. The number of hydrogen-bond acceptors (Lipinski definition) is 5. The van der Waals surface area contributed by atoms with Gasteiger partial charge in [0.15, 0.2) is 0 Å². The zero-order valence-corrected chi connectivity index (χ0v) is 20.0. The first-order chi connectivity index (χ1) is 16.4. The van der Waals surface area contributed by atoms with Crippen molar-refractivity contribution in [2.75, 3.05) is 25.1 Å². The van der Waals surface area contributed by atoms with Crippen molar-refractivity contribution >= 4 is 23.1 Å². The van der Waals surface area contributed by atoms with E-state index in [-0.39, 0.29) is 11.8 Å². The maximum Gasteiger partial charge on any atom is 0.282 e. The molecule has 6 heteroatoms. The van der Waals surface area contributed by atoms with Crippen LogP contribution in [0.1, 0.15) is 29.2 Å². The third-order valence-electron chi connectivity index (χ3n) is 6.16. The van der Waals surface area contributed by atoms with Crippen molar-refractivity contribution in [2.45, 2.75) is 27.2 Å². The normalized spacial score (nSPS) is 13.6. The molecule has 174 valence electrons. The molecule has 2 aromatic carbocycles.